The zero-order chi connectivity index (χ0) is 18.0. The summed E-state index contributed by atoms with van der Waals surface area (Å²) in [5.41, 5.74) is 3.61. The summed E-state index contributed by atoms with van der Waals surface area (Å²) in [5, 5.41) is 9.89. The number of carbonyl (C=O) groups excluding carboxylic acids is 2. The number of H-pyrrole nitrogens is 1. The van der Waals surface area contributed by atoms with Gasteiger partial charge < -0.3 is 25.1 Å². The van der Waals surface area contributed by atoms with Crippen LogP contribution in [0.1, 0.15) is 13.2 Å². The molecule has 1 saturated heterocycles. The minimum atomic E-state index is -1.75. The number of methoxy groups -OCH3 is 1. The lowest BCUT2D eigenvalue weighted by Crippen LogP contribution is -2.47. The van der Waals surface area contributed by atoms with Crippen molar-refractivity contribution in [3.63, 3.8) is 0 Å². The number of aliphatic hydroxyl groups is 1. The van der Waals surface area contributed by atoms with E-state index in [9.17, 15) is 24.3 Å². The lowest BCUT2D eigenvalue weighted by molar-refractivity contribution is -0.157. The highest BCUT2D eigenvalue weighted by Crippen LogP contribution is 2.34. The number of primary amides is 1. The first kappa shape index (κ1) is 17.8. The third-order valence-corrected chi connectivity index (χ3v) is 3.53. The highest BCUT2D eigenvalue weighted by Gasteiger charge is 2.52. The monoisotopic (exact) mass is 343 g/mol. The molecule has 1 aliphatic rings. The number of carbonyl (C=O) groups is 2. The minimum Gasteiger partial charge on any atom is -0.455 e. The first-order chi connectivity index (χ1) is 11.3. The Morgan fingerprint density at radius 3 is 2.58 bits per heavy atom. The van der Waals surface area contributed by atoms with Crippen molar-refractivity contribution in [3.8, 4) is 0 Å². The van der Waals surface area contributed by atoms with Crippen molar-refractivity contribution in [2.75, 3.05) is 7.11 Å². The zero-order valence-corrected chi connectivity index (χ0v) is 12.9. The smallest absolute Gasteiger partial charge is 0.330 e. The first-order valence-corrected chi connectivity index (χ1v) is 6.90. The van der Waals surface area contributed by atoms with Crippen LogP contribution in [0.4, 0.5) is 0 Å². The van der Waals surface area contributed by atoms with Crippen molar-refractivity contribution >= 4 is 11.9 Å². The van der Waals surface area contributed by atoms with E-state index >= 15 is 0 Å². The van der Waals surface area contributed by atoms with Crippen molar-refractivity contribution in [2.45, 2.75) is 37.6 Å². The molecule has 5 atom stereocenters. The average molecular weight is 343 g/mol. The summed E-state index contributed by atoms with van der Waals surface area (Å²) >= 11 is 0. The molecule has 1 aromatic heterocycles. The molecule has 11 heteroatoms. The number of nitrogens with zero attached hydrogens (tertiary/aromatic N) is 1. The summed E-state index contributed by atoms with van der Waals surface area (Å²) in [6.07, 6.45) is -5.36. The Kier molecular flexibility index (Phi) is 5.17. The van der Waals surface area contributed by atoms with E-state index in [0.29, 0.717) is 0 Å². The lowest BCUT2D eigenvalue weighted by Gasteiger charge is -2.23. The molecule has 1 amide bonds. The topological polar surface area (TPSA) is 163 Å². The molecular weight excluding hydrogens is 326 g/mol. The number of hydrogen-bond donors (Lipinski definition) is 3. The van der Waals surface area contributed by atoms with Gasteiger partial charge in [-0.3, -0.25) is 23.9 Å². The molecule has 1 fully saturated rings. The fourth-order valence-electron chi connectivity index (χ4n) is 2.52. The molecule has 132 valence electrons. The van der Waals surface area contributed by atoms with Gasteiger partial charge in [-0.15, -0.1) is 0 Å². The number of aromatic nitrogens is 2. The maximum absolute atomic E-state index is 12.0. The average Bonchev–Trinajstić information content (AvgIpc) is 2.83. The fraction of sp³-hybridized carbons (Fsp3) is 0.538. The molecule has 4 N–H and O–H groups in total. The number of aromatic amines is 1. The predicted octanol–water partition coefficient (Wildman–Crippen LogP) is -2.77. The fourth-order valence-corrected chi connectivity index (χ4v) is 2.52. The number of amides is 1. The Morgan fingerprint density at radius 1 is 1.42 bits per heavy atom. The maximum atomic E-state index is 12.0. The molecular formula is C13H17N3O8. The largest absolute Gasteiger partial charge is 0.455 e. The van der Waals surface area contributed by atoms with E-state index in [1.165, 1.54) is 7.11 Å². The second-order valence-electron chi connectivity index (χ2n) is 5.13. The van der Waals surface area contributed by atoms with Gasteiger partial charge in [-0.1, -0.05) is 0 Å². The Labute approximate surface area is 134 Å². The standard InChI is InChI=1S/C13H17N3O8/c1-5(17)23-10-9(22-2)8(7(19)11(14)20)24-12(10)16-4-3-6(18)15-13(16)21/h3-4,7-10,12,19H,1-2H3,(H2,14,20)(H,15,18,21)/t7-,8-,9-,10-,12-/m1/s1. The van der Waals surface area contributed by atoms with E-state index in [1.54, 1.807) is 0 Å². The molecule has 0 unspecified atom stereocenters. The van der Waals surface area contributed by atoms with Crippen molar-refractivity contribution in [1.29, 1.82) is 0 Å². The Morgan fingerprint density at radius 2 is 2.08 bits per heavy atom. The Balaban J connectivity index is 2.47. The summed E-state index contributed by atoms with van der Waals surface area (Å²) < 4.78 is 16.7. The summed E-state index contributed by atoms with van der Waals surface area (Å²) in [5.74, 6) is -1.76. The molecule has 1 aliphatic heterocycles. The predicted molar refractivity (Wildman–Crippen MR) is 76.8 cm³/mol. The summed E-state index contributed by atoms with van der Waals surface area (Å²) in [7, 11) is 1.25. The number of esters is 1. The van der Waals surface area contributed by atoms with E-state index in [4.69, 9.17) is 19.9 Å². The van der Waals surface area contributed by atoms with E-state index in [-0.39, 0.29) is 0 Å². The molecule has 0 radical (unpaired) electrons. The third-order valence-electron chi connectivity index (χ3n) is 3.53. The van der Waals surface area contributed by atoms with Gasteiger partial charge in [0.05, 0.1) is 0 Å². The SMILES string of the molecule is CO[C@H]1[C@@H](OC(C)=O)[C@H](n2ccc(=O)[nH]c2=O)O[C@@H]1[C@@H](O)C(N)=O. The third kappa shape index (κ3) is 3.37. The van der Waals surface area contributed by atoms with E-state index in [0.717, 1.165) is 23.8 Å². The molecule has 2 rings (SSSR count). The van der Waals surface area contributed by atoms with Gasteiger partial charge in [0.2, 0.25) is 5.91 Å². The summed E-state index contributed by atoms with van der Waals surface area (Å²) in [6.45, 7) is 1.14. The molecule has 0 spiro atoms. The lowest BCUT2D eigenvalue weighted by atomic mass is 10.0. The number of nitrogens with one attached hydrogen (secondary N) is 1. The summed E-state index contributed by atoms with van der Waals surface area (Å²) in [6, 6.07) is 1.06. The molecule has 2 heterocycles. The molecule has 0 bridgehead atoms. The maximum Gasteiger partial charge on any atom is 0.330 e. The van der Waals surface area contributed by atoms with Crippen LogP contribution < -0.4 is 17.0 Å². The highest BCUT2D eigenvalue weighted by atomic mass is 16.6. The van der Waals surface area contributed by atoms with Gasteiger partial charge in [0.1, 0.15) is 12.2 Å². The number of rotatable bonds is 5. The molecule has 1 aromatic rings. The van der Waals surface area contributed by atoms with Crippen molar-refractivity contribution in [2.24, 2.45) is 5.73 Å². The number of aliphatic hydroxyl groups excluding tert-OH is 1. The van der Waals surface area contributed by atoms with Gasteiger partial charge in [-0.05, 0) is 0 Å². The van der Waals surface area contributed by atoms with Crippen LogP contribution in [0.25, 0.3) is 0 Å². The molecule has 0 saturated carbocycles. The van der Waals surface area contributed by atoms with Crippen molar-refractivity contribution < 1.29 is 28.9 Å². The van der Waals surface area contributed by atoms with Crippen LogP contribution in [0.15, 0.2) is 21.9 Å². The Bertz CT molecular complexity index is 741. The van der Waals surface area contributed by atoms with Crippen LogP contribution in [0, 0.1) is 0 Å². The normalized spacial score (nSPS) is 27.6. The van der Waals surface area contributed by atoms with Gasteiger partial charge >= 0.3 is 11.7 Å². The molecule has 0 aliphatic carbocycles. The second kappa shape index (κ2) is 6.95. The minimum absolute atomic E-state index is 0.629. The van der Waals surface area contributed by atoms with E-state index < -0.39 is 53.8 Å². The van der Waals surface area contributed by atoms with Crippen molar-refractivity contribution in [3.05, 3.63) is 33.1 Å². The molecule has 11 nitrogen and oxygen atoms in total. The van der Waals surface area contributed by atoms with Crippen LogP contribution in [0.5, 0.6) is 0 Å². The van der Waals surface area contributed by atoms with Crippen molar-refractivity contribution in [1.82, 2.24) is 9.55 Å². The van der Waals surface area contributed by atoms with Crippen LogP contribution >= 0.6 is 0 Å². The van der Waals surface area contributed by atoms with E-state index in [1.807, 2.05) is 4.98 Å². The highest BCUT2D eigenvalue weighted by molar-refractivity contribution is 5.79. The van der Waals surface area contributed by atoms with Gasteiger partial charge in [-0.25, -0.2) is 4.79 Å². The molecule has 0 aromatic carbocycles. The number of ether oxygens (including phenoxy) is 3. The number of nitrogens with two attached hydrogens (primary N) is 1. The van der Waals surface area contributed by atoms with Crippen LogP contribution in [-0.2, 0) is 23.8 Å². The summed E-state index contributed by atoms with van der Waals surface area (Å²) in [4.78, 5) is 47.8. The first-order valence-electron chi connectivity index (χ1n) is 6.90. The number of hydrogen-bond acceptors (Lipinski definition) is 8. The van der Waals surface area contributed by atoms with Gasteiger partial charge in [0, 0.05) is 26.3 Å². The van der Waals surface area contributed by atoms with Gasteiger partial charge in [0.25, 0.3) is 5.56 Å². The van der Waals surface area contributed by atoms with E-state index in [2.05, 4.69) is 0 Å². The van der Waals surface area contributed by atoms with Crippen LogP contribution in [0.2, 0.25) is 0 Å². The zero-order valence-electron chi connectivity index (χ0n) is 12.9. The van der Waals surface area contributed by atoms with Crippen LogP contribution in [-0.4, -0.2) is 58.1 Å². The Hall–Kier alpha value is -2.50. The second-order valence-corrected chi connectivity index (χ2v) is 5.13. The van der Waals surface area contributed by atoms with Gasteiger partial charge in [-0.2, -0.15) is 0 Å². The van der Waals surface area contributed by atoms with Crippen LogP contribution in [0.3, 0.4) is 0 Å². The van der Waals surface area contributed by atoms with Gasteiger partial charge in [0.15, 0.2) is 18.4 Å². The quantitative estimate of drug-likeness (QED) is 0.484. The molecule has 24 heavy (non-hydrogen) atoms.